The second kappa shape index (κ2) is 38.3. The Balaban J connectivity index is 1.54. The van der Waals surface area contributed by atoms with Gasteiger partial charge in [-0.1, -0.05) is 0 Å². The molecule has 11 aliphatic heterocycles. The van der Waals surface area contributed by atoms with Crippen LogP contribution in [0.1, 0.15) is 608 Å². The summed E-state index contributed by atoms with van der Waals surface area (Å²) in [6.45, 7) is 114. The van der Waals surface area contributed by atoms with Gasteiger partial charge in [0.2, 0.25) is 0 Å². The van der Waals surface area contributed by atoms with Crippen molar-refractivity contribution in [1.82, 2.24) is 0 Å². The molecule has 8 aromatic rings. The molecule has 11 saturated heterocycles. The monoisotopic (exact) mass is 2560 g/mol. The quantitative estimate of drug-likeness (QED) is 0.0380. The summed E-state index contributed by atoms with van der Waals surface area (Å²) in [5.41, 5.74) is 27.5. The summed E-state index contributed by atoms with van der Waals surface area (Å²) in [6, 6.07) is 40.4. The standard InChI is InChI=1S/C120H184O10Te6/c1-65(2)89-49-97(73(17)18)113(98(50-89)74(19)20)131-121-132(114-99(75(21)22)51-90(66(3)4)52-100(114)76(23)24)125-136(126-132,119-109(85(41)42)61-95(71(13)14)62-110(119)86(43)44,120-111(87(45)46)63-96(72(15)16)64-112(120)88(47)48)129-134(130-136,116-103(79(29)30)55-92(68(7)8)56-104(116)80(31)32)122-133(115-101(77(25)26)53-91(67(5)6)54-102(115)78(27)28)127-135(123-131,124-131,128-133,117-105(81(33)34)57-93(69(9)10)58-106(117)82(35)36)118-107(83(37)38)59-94(70(11)12)60-108(118)84(39)40/h49-88H,1-48H3. The normalized spacial score (nSPS) is 24.5. The summed E-state index contributed by atoms with van der Waals surface area (Å²) in [5, 5.41) is 0. The summed E-state index contributed by atoms with van der Waals surface area (Å²) in [4.78, 5) is 0. The van der Waals surface area contributed by atoms with E-state index < -0.39 is 112 Å². The summed E-state index contributed by atoms with van der Waals surface area (Å²) in [7, 11) is 0. The van der Waals surface area contributed by atoms with E-state index in [2.05, 4.69) is 429 Å². The molecule has 0 N–H and O–H groups in total. The van der Waals surface area contributed by atoms with Crippen LogP contribution in [-0.2, 0) is 14.7 Å². The third kappa shape index (κ3) is 17.3. The summed E-state index contributed by atoms with van der Waals surface area (Å²) >= 11 is -43.0. The molecule has 19 rings (SSSR count). The van der Waals surface area contributed by atoms with E-state index in [0.29, 0.717) is 0 Å². The molecule has 0 saturated carbocycles. The van der Waals surface area contributed by atoms with E-state index in [-0.39, 0.29) is 142 Å². The summed E-state index contributed by atoms with van der Waals surface area (Å²) in [5.74, 6) is -1.24. The van der Waals surface area contributed by atoms with Crippen molar-refractivity contribution >= 4 is 141 Å². The fourth-order valence-corrected chi connectivity index (χ4v) is 232. The van der Waals surface area contributed by atoms with Crippen LogP contribution in [0.3, 0.4) is 0 Å². The van der Waals surface area contributed by atoms with Crippen LogP contribution in [0.4, 0.5) is 0 Å². The van der Waals surface area contributed by atoms with Crippen LogP contribution in [0.15, 0.2) is 97.1 Å². The third-order valence-electron chi connectivity index (χ3n) is 29.7. The molecular weight excluding hydrogens is 2370 g/mol. The average molecular weight is 2550 g/mol. The molecule has 0 aromatic heterocycles. The van der Waals surface area contributed by atoms with E-state index in [1.807, 2.05) is 0 Å². The topological polar surface area (TPSA) is 92.3 Å². The Labute approximate surface area is 850 Å². The molecule has 2 spiro atoms. The van der Waals surface area contributed by atoms with Gasteiger partial charge in [-0.15, -0.1) is 0 Å². The van der Waals surface area contributed by atoms with Gasteiger partial charge < -0.3 is 0 Å². The number of benzene rings is 8. The molecule has 0 unspecified atom stereocenters. The fourth-order valence-electron chi connectivity index (χ4n) is 21.5. The van der Waals surface area contributed by atoms with Crippen LogP contribution in [0.2, 0.25) is 0 Å². The molecule has 0 atom stereocenters. The minimum atomic E-state index is -8.56. The first-order valence-corrected chi connectivity index (χ1v) is 81.2. The van der Waals surface area contributed by atoms with Crippen molar-refractivity contribution in [2.75, 3.05) is 0 Å². The Morgan fingerprint density at radius 3 is 0.301 bits per heavy atom. The number of hydrogen-bond donors (Lipinski definition) is 0. The summed E-state index contributed by atoms with van der Waals surface area (Å²) in [6.07, 6.45) is 0. The molecule has 136 heavy (non-hydrogen) atoms. The van der Waals surface area contributed by atoms with Crippen molar-refractivity contribution in [1.29, 1.82) is 0 Å². The molecule has 11 heterocycles. The fraction of sp³-hybridized carbons (Fsp3) is 0.600. The Bertz CT molecular complexity index is 4930. The zero-order valence-electron chi connectivity index (χ0n) is 93.6. The molecule has 0 radical (unpaired) electrons. The number of hydrogen-bond acceptors (Lipinski definition) is 10. The zero-order valence-corrected chi connectivity index (χ0v) is 108. The number of rotatable bonds is 32. The van der Waals surface area contributed by atoms with E-state index in [1.54, 1.807) is 0 Å². The van der Waals surface area contributed by atoms with Crippen molar-refractivity contribution in [3.8, 4) is 0 Å². The van der Waals surface area contributed by atoms with Gasteiger partial charge in [0.1, 0.15) is 0 Å². The molecule has 0 aliphatic carbocycles. The second-order valence-electron chi connectivity index (χ2n) is 48.8. The van der Waals surface area contributed by atoms with Crippen LogP contribution in [0.25, 0.3) is 0 Å². The van der Waals surface area contributed by atoms with E-state index in [4.69, 9.17) is 0 Å². The molecule has 8 aromatic carbocycles. The predicted molar refractivity (Wildman–Crippen MR) is 592 cm³/mol. The van der Waals surface area contributed by atoms with Crippen LogP contribution < -0.4 is 28.9 Å². The Kier molecular flexibility index (Phi) is 31.4. The molecule has 11 aliphatic rings. The van der Waals surface area contributed by atoms with Crippen molar-refractivity contribution in [3.63, 3.8) is 0 Å². The van der Waals surface area contributed by atoms with E-state index in [9.17, 15) is 14.7 Å². The van der Waals surface area contributed by atoms with Crippen LogP contribution in [-0.4, -0.2) is 112 Å². The third-order valence-corrected chi connectivity index (χ3v) is 157. The Morgan fingerprint density at radius 1 is 0.132 bits per heavy atom. The van der Waals surface area contributed by atoms with E-state index >= 15 is 0 Å². The maximum atomic E-state index is 10.6. The molecule has 16 heteroatoms. The SMILES string of the molecule is CC(C)c1cc(C(C)C)c([Te]23O[Te]4(c5c(C(C)C)cc(C(C)C)cc5C(C)C)O[Te]5(c6c(C(C)C)cc(C(C)C)cc6C(C)C)(c6c(C(C)C)cc(C(C)C)cc6C(C)C)(O4)O[Te](c4c(C(C)C)cc(C(C)C)cc4C(C)C)(O[Te]4(c6c(C(C)C)cc(C(C)C)cc6C(C)C)O[Te](c6c(C(C)C)cc(C(C)C)cc6C(C)C)(c6c(C(C)C)cc(C(C)C)cc6C(C)C)(O2)(O3)O4)O5)c(C(C)C)c1. The average Bonchev–Trinajstić information content (AvgIpc) is 0.570. The maximum absolute atomic E-state index is 10.6. The first kappa shape index (κ1) is 111. The van der Waals surface area contributed by atoms with E-state index in [1.165, 1.54) is 44.5 Å². The van der Waals surface area contributed by atoms with Gasteiger partial charge in [0.25, 0.3) is 0 Å². The van der Waals surface area contributed by atoms with Crippen molar-refractivity contribution in [2.24, 2.45) is 0 Å². The van der Waals surface area contributed by atoms with Gasteiger partial charge in [-0.05, 0) is 0 Å². The molecular formula is C120H184O10Te6. The summed E-state index contributed by atoms with van der Waals surface area (Å²) < 4.78 is 113. The van der Waals surface area contributed by atoms with Crippen LogP contribution in [0.5, 0.6) is 0 Å². The van der Waals surface area contributed by atoms with Gasteiger partial charge in [0, 0.05) is 0 Å². The van der Waals surface area contributed by atoms with Gasteiger partial charge in [-0.3, -0.25) is 0 Å². The Morgan fingerprint density at radius 2 is 0.221 bits per heavy atom. The second-order valence-corrected chi connectivity index (χ2v) is 112. The van der Waals surface area contributed by atoms with Crippen LogP contribution in [0, 0.1) is 0 Å². The van der Waals surface area contributed by atoms with Crippen molar-refractivity contribution in [3.05, 3.63) is 231 Å². The first-order chi connectivity index (χ1) is 62.8. The van der Waals surface area contributed by atoms with Crippen molar-refractivity contribution < 1.29 is 14.7 Å². The zero-order chi connectivity index (χ0) is 102. The molecule has 0 amide bonds. The van der Waals surface area contributed by atoms with Gasteiger partial charge in [-0.2, -0.15) is 0 Å². The van der Waals surface area contributed by atoms with E-state index in [0.717, 1.165) is 118 Å². The van der Waals surface area contributed by atoms with Gasteiger partial charge in [0.05, 0.1) is 0 Å². The first-order valence-electron chi connectivity index (χ1n) is 52.8. The van der Waals surface area contributed by atoms with Gasteiger partial charge in [0.15, 0.2) is 0 Å². The minimum absolute atomic E-state index is 0.115. The van der Waals surface area contributed by atoms with Crippen molar-refractivity contribution in [2.45, 2.75) is 474 Å². The predicted octanol–water partition coefficient (Wildman–Crippen LogP) is 30.9. The van der Waals surface area contributed by atoms with Gasteiger partial charge in [-0.25, -0.2) is 0 Å². The molecule has 11 fully saturated rings. The van der Waals surface area contributed by atoms with Gasteiger partial charge >= 0.3 is 860 Å². The molecule has 6 bridgehead atoms. The Hall–Kier alpha value is -1.90. The molecule has 760 valence electrons. The molecule has 10 nitrogen and oxygen atoms in total. The van der Waals surface area contributed by atoms with Crippen LogP contribution >= 0.6 is 0 Å².